The molecule has 0 amide bonds. The van der Waals surface area contributed by atoms with Gasteiger partial charge in [0.15, 0.2) is 0 Å². The highest BCUT2D eigenvalue weighted by molar-refractivity contribution is 6.84. The van der Waals surface area contributed by atoms with Gasteiger partial charge in [-0.2, -0.15) is 0 Å². The molecule has 0 aliphatic heterocycles. The van der Waals surface area contributed by atoms with Crippen LogP contribution in [0.1, 0.15) is 214 Å². The maximum Gasteiger partial charge on any atom is 0.0774 e. The number of rotatable bonds is 33. The summed E-state index contributed by atoms with van der Waals surface area (Å²) >= 11 is 0. The lowest BCUT2D eigenvalue weighted by molar-refractivity contribution is 0.557. The zero-order valence-corrected chi connectivity index (χ0v) is 29.3. The van der Waals surface area contributed by atoms with Gasteiger partial charge in [0.05, 0.1) is 8.07 Å². The topological polar surface area (TPSA) is 0 Å². The Bertz CT molecular complexity index is 427. The molecule has 1 heteroatoms. The highest BCUT2D eigenvalue weighted by Crippen LogP contribution is 2.31. The average Bonchev–Trinajstić information content (AvgIpc) is 2.95. The van der Waals surface area contributed by atoms with Gasteiger partial charge in [-0.05, 0) is 12.8 Å². The normalized spacial score (nSPS) is 12.2. The van der Waals surface area contributed by atoms with E-state index in [-0.39, 0.29) is 0 Å². The third kappa shape index (κ3) is 27.9. The first kappa shape index (κ1) is 39.0. The SMILES string of the molecule is CCCCCCCCCCCC/C=C/[Si](CCCCCCCC)(CCCCCCCC)CCCCCCCC. The fourth-order valence-electron chi connectivity index (χ4n) is 6.48. The molecule has 0 aliphatic carbocycles. The molecule has 0 N–H and O–H groups in total. The van der Waals surface area contributed by atoms with Crippen LogP contribution in [0.4, 0.5) is 0 Å². The van der Waals surface area contributed by atoms with Crippen LogP contribution in [-0.4, -0.2) is 8.07 Å². The summed E-state index contributed by atoms with van der Waals surface area (Å²) in [4.78, 5) is 0. The van der Waals surface area contributed by atoms with Crippen molar-refractivity contribution < 1.29 is 0 Å². The Balaban J connectivity index is 4.75. The predicted molar refractivity (Wildman–Crippen MR) is 186 cm³/mol. The van der Waals surface area contributed by atoms with Crippen molar-refractivity contribution in [2.45, 2.75) is 232 Å². The summed E-state index contributed by atoms with van der Waals surface area (Å²) in [5.74, 6) is 0. The molecule has 234 valence electrons. The zero-order valence-electron chi connectivity index (χ0n) is 28.3. The van der Waals surface area contributed by atoms with Crippen molar-refractivity contribution >= 4 is 8.07 Å². The fourth-order valence-corrected chi connectivity index (χ4v) is 11.3. The molecule has 0 aromatic rings. The number of hydrogen-bond acceptors (Lipinski definition) is 0. The Morgan fingerprint density at radius 3 is 0.872 bits per heavy atom. The zero-order chi connectivity index (χ0) is 28.5. The highest BCUT2D eigenvalue weighted by atomic mass is 28.3. The van der Waals surface area contributed by atoms with E-state index < -0.39 is 8.07 Å². The van der Waals surface area contributed by atoms with E-state index in [1.165, 1.54) is 186 Å². The van der Waals surface area contributed by atoms with Crippen LogP contribution in [0.15, 0.2) is 11.8 Å². The first-order chi connectivity index (χ1) is 19.2. The molecule has 0 saturated heterocycles. The predicted octanol–water partition coefficient (Wildman–Crippen LogP) is 14.9. The van der Waals surface area contributed by atoms with Gasteiger partial charge in [0.1, 0.15) is 0 Å². The molecule has 0 aliphatic rings. The monoisotopic (exact) mass is 563 g/mol. The molecule has 0 rings (SSSR count). The van der Waals surface area contributed by atoms with E-state index in [2.05, 4.69) is 39.5 Å². The average molecular weight is 563 g/mol. The third-order valence-corrected chi connectivity index (χ3v) is 14.3. The molecule has 0 radical (unpaired) electrons. The first-order valence-corrected chi connectivity index (χ1v) is 21.6. The summed E-state index contributed by atoms with van der Waals surface area (Å²) in [5.41, 5.74) is 2.92. The number of hydrogen-bond donors (Lipinski definition) is 0. The summed E-state index contributed by atoms with van der Waals surface area (Å²) in [5, 5.41) is 0. The Morgan fingerprint density at radius 1 is 0.308 bits per heavy atom. The molecule has 0 spiro atoms. The van der Waals surface area contributed by atoms with E-state index in [0.717, 1.165) is 0 Å². The van der Waals surface area contributed by atoms with Gasteiger partial charge in [-0.1, -0.05) is 231 Å². The summed E-state index contributed by atoms with van der Waals surface area (Å²) in [7, 11) is -1.28. The molecule has 0 aromatic heterocycles. The number of unbranched alkanes of at least 4 members (excludes halogenated alkanes) is 25. The van der Waals surface area contributed by atoms with Crippen molar-refractivity contribution in [3.8, 4) is 0 Å². The minimum Gasteiger partial charge on any atom is -0.0981 e. The van der Waals surface area contributed by atoms with E-state index in [1.54, 1.807) is 18.1 Å². The first-order valence-electron chi connectivity index (χ1n) is 18.9. The molecule has 0 heterocycles. The van der Waals surface area contributed by atoms with Crippen LogP contribution < -0.4 is 0 Å². The summed E-state index contributed by atoms with van der Waals surface area (Å²) in [6.07, 6.45) is 44.9. The maximum absolute atomic E-state index is 2.92. The minimum atomic E-state index is -1.28. The number of allylic oxidation sites excluding steroid dienone is 1. The lowest BCUT2D eigenvalue weighted by atomic mass is 10.1. The fraction of sp³-hybridized carbons (Fsp3) is 0.947. The standard InChI is InChI=1S/C38H78Si/c1-5-9-13-17-21-22-23-24-25-26-30-34-38-39(35-31-27-18-14-10-6-2,36-32-28-19-15-11-7-3)37-33-29-20-16-12-8-4/h34,38H,5-33,35-37H2,1-4H3/b38-34+. The third-order valence-electron chi connectivity index (χ3n) is 9.28. The van der Waals surface area contributed by atoms with Crippen molar-refractivity contribution in [1.82, 2.24) is 0 Å². The van der Waals surface area contributed by atoms with Gasteiger partial charge in [0.25, 0.3) is 0 Å². The molecular formula is C38H78Si. The Morgan fingerprint density at radius 2 is 0.564 bits per heavy atom. The van der Waals surface area contributed by atoms with Crippen LogP contribution >= 0.6 is 0 Å². The van der Waals surface area contributed by atoms with E-state index >= 15 is 0 Å². The van der Waals surface area contributed by atoms with Crippen LogP contribution in [0.3, 0.4) is 0 Å². The van der Waals surface area contributed by atoms with Gasteiger partial charge in [-0.15, -0.1) is 0 Å². The summed E-state index contributed by atoms with van der Waals surface area (Å²) in [6.45, 7) is 9.36. The van der Waals surface area contributed by atoms with Crippen molar-refractivity contribution in [3.05, 3.63) is 11.8 Å². The van der Waals surface area contributed by atoms with E-state index in [1.807, 2.05) is 0 Å². The molecule has 39 heavy (non-hydrogen) atoms. The molecule has 0 aromatic carbocycles. The second-order valence-electron chi connectivity index (χ2n) is 13.3. The van der Waals surface area contributed by atoms with Gasteiger partial charge in [0.2, 0.25) is 0 Å². The van der Waals surface area contributed by atoms with E-state index in [0.29, 0.717) is 0 Å². The van der Waals surface area contributed by atoms with Crippen LogP contribution in [0.25, 0.3) is 0 Å². The van der Waals surface area contributed by atoms with Crippen LogP contribution in [-0.2, 0) is 0 Å². The van der Waals surface area contributed by atoms with E-state index in [9.17, 15) is 0 Å². The molecule has 0 bridgehead atoms. The largest absolute Gasteiger partial charge is 0.0981 e. The van der Waals surface area contributed by atoms with Gasteiger partial charge >= 0.3 is 0 Å². The van der Waals surface area contributed by atoms with Crippen LogP contribution in [0.2, 0.25) is 18.1 Å². The molecule has 0 atom stereocenters. The van der Waals surface area contributed by atoms with Gasteiger partial charge < -0.3 is 0 Å². The second-order valence-corrected chi connectivity index (χ2v) is 17.8. The molecular weight excluding hydrogens is 485 g/mol. The maximum atomic E-state index is 2.92. The van der Waals surface area contributed by atoms with Gasteiger partial charge in [-0.3, -0.25) is 0 Å². The van der Waals surface area contributed by atoms with Crippen molar-refractivity contribution in [2.75, 3.05) is 0 Å². The van der Waals surface area contributed by atoms with Gasteiger partial charge in [-0.25, -0.2) is 0 Å². The van der Waals surface area contributed by atoms with Crippen molar-refractivity contribution in [2.24, 2.45) is 0 Å². The molecule has 0 fully saturated rings. The Hall–Kier alpha value is -0.0431. The van der Waals surface area contributed by atoms with Gasteiger partial charge in [0, 0.05) is 0 Å². The lowest BCUT2D eigenvalue weighted by Gasteiger charge is -2.29. The molecule has 0 unspecified atom stereocenters. The molecule has 0 saturated carbocycles. The minimum absolute atomic E-state index is 1.28. The van der Waals surface area contributed by atoms with E-state index in [4.69, 9.17) is 0 Å². The van der Waals surface area contributed by atoms with Crippen LogP contribution in [0.5, 0.6) is 0 Å². The quantitative estimate of drug-likeness (QED) is 0.0551. The van der Waals surface area contributed by atoms with Crippen molar-refractivity contribution in [3.63, 3.8) is 0 Å². The Kier molecular flexibility index (Phi) is 32.4. The summed E-state index contributed by atoms with van der Waals surface area (Å²) < 4.78 is 0. The van der Waals surface area contributed by atoms with Crippen LogP contribution in [0, 0.1) is 0 Å². The Labute approximate surface area is 251 Å². The highest BCUT2D eigenvalue weighted by Gasteiger charge is 2.28. The smallest absolute Gasteiger partial charge is 0.0774 e. The molecule has 0 nitrogen and oxygen atoms in total. The summed E-state index contributed by atoms with van der Waals surface area (Å²) in [6, 6.07) is 4.78. The van der Waals surface area contributed by atoms with Crippen molar-refractivity contribution in [1.29, 1.82) is 0 Å². The second kappa shape index (κ2) is 32.5. The lowest BCUT2D eigenvalue weighted by Crippen LogP contribution is -2.32.